The molecule has 0 aliphatic carbocycles. The lowest BCUT2D eigenvalue weighted by molar-refractivity contribution is -0.118. The van der Waals surface area contributed by atoms with Crippen molar-refractivity contribution < 1.29 is 4.79 Å². The molecule has 1 aliphatic heterocycles. The van der Waals surface area contributed by atoms with E-state index in [9.17, 15) is 4.79 Å². The minimum atomic E-state index is -0.275. The van der Waals surface area contributed by atoms with E-state index in [-0.39, 0.29) is 23.9 Å². The van der Waals surface area contributed by atoms with Crippen LogP contribution in [0.4, 0.5) is 17.5 Å². The van der Waals surface area contributed by atoms with Crippen LogP contribution in [0.15, 0.2) is 24.5 Å². The van der Waals surface area contributed by atoms with Crippen molar-refractivity contribution in [2.75, 3.05) is 22.6 Å². The SMILES string of the molecule is Cc1nc(NCc2cnn([C@H](C)c3ccc(C#N)s3)c2)nc2c1NC(=O)[C@H](C(C)C)N2C. The Kier molecular flexibility index (Phi) is 5.84. The van der Waals surface area contributed by atoms with E-state index >= 15 is 0 Å². The molecule has 9 nitrogen and oxygen atoms in total. The van der Waals surface area contributed by atoms with Gasteiger partial charge in [0.05, 0.1) is 17.9 Å². The van der Waals surface area contributed by atoms with Crippen molar-refractivity contribution in [1.29, 1.82) is 5.26 Å². The average Bonchev–Trinajstić information content (AvgIpc) is 3.42. The molecule has 0 aromatic carbocycles. The Morgan fingerprint density at radius 2 is 2.09 bits per heavy atom. The molecule has 2 N–H and O–H groups in total. The molecule has 0 bridgehead atoms. The highest BCUT2D eigenvalue weighted by Crippen LogP contribution is 2.34. The predicted octanol–water partition coefficient (Wildman–Crippen LogP) is 3.55. The van der Waals surface area contributed by atoms with Crippen LogP contribution in [0.3, 0.4) is 0 Å². The van der Waals surface area contributed by atoms with Gasteiger partial charge in [0.1, 0.15) is 22.7 Å². The molecule has 3 aromatic rings. The number of nitrogens with zero attached hydrogens (tertiary/aromatic N) is 6. The van der Waals surface area contributed by atoms with Gasteiger partial charge in [0.2, 0.25) is 11.9 Å². The predicted molar refractivity (Wildman–Crippen MR) is 125 cm³/mol. The Balaban J connectivity index is 1.49. The maximum atomic E-state index is 12.5. The van der Waals surface area contributed by atoms with Crippen molar-refractivity contribution in [3.8, 4) is 6.07 Å². The highest BCUT2D eigenvalue weighted by atomic mass is 32.1. The van der Waals surface area contributed by atoms with E-state index in [2.05, 4.69) is 38.7 Å². The third-order valence-corrected chi connectivity index (χ3v) is 6.78. The fourth-order valence-electron chi connectivity index (χ4n) is 3.92. The second kappa shape index (κ2) is 8.59. The van der Waals surface area contributed by atoms with Crippen LogP contribution in [-0.4, -0.2) is 38.7 Å². The molecule has 4 rings (SSSR count). The van der Waals surface area contributed by atoms with Gasteiger partial charge in [-0.2, -0.15) is 15.3 Å². The summed E-state index contributed by atoms with van der Waals surface area (Å²) in [6.45, 7) is 8.49. The van der Waals surface area contributed by atoms with E-state index in [1.165, 1.54) is 11.3 Å². The standard InChI is InChI=1S/C22H26N8OS/c1-12(2)19-21(31)27-18-13(3)26-22(28-20(18)29(19)5)24-9-15-10-25-30(11-15)14(4)17-7-6-16(8-23)32-17/h6-7,10-12,14,19H,9H2,1-5H3,(H,27,31)(H,24,26,28)/t14-,19+/m1/s1. The van der Waals surface area contributed by atoms with Crippen LogP contribution in [0.5, 0.6) is 0 Å². The van der Waals surface area contributed by atoms with Crippen molar-refractivity contribution in [3.05, 3.63) is 45.5 Å². The van der Waals surface area contributed by atoms with Crippen molar-refractivity contribution >= 4 is 34.7 Å². The Morgan fingerprint density at radius 3 is 2.78 bits per heavy atom. The summed E-state index contributed by atoms with van der Waals surface area (Å²) in [5.41, 5.74) is 2.37. The molecular weight excluding hydrogens is 424 g/mol. The number of rotatable bonds is 6. The number of hydrogen-bond acceptors (Lipinski definition) is 8. The zero-order chi connectivity index (χ0) is 23.0. The maximum absolute atomic E-state index is 12.5. The van der Waals surface area contributed by atoms with E-state index in [1.807, 2.05) is 61.9 Å². The molecule has 4 heterocycles. The lowest BCUT2D eigenvalue weighted by Crippen LogP contribution is -2.49. The molecule has 0 fully saturated rings. The number of thiophene rings is 1. The third kappa shape index (κ3) is 4.03. The first-order chi connectivity index (χ1) is 15.3. The van der Waals surface area contributed by atoms with Crippen LogP contribution >= 0.6 is 11.3 Å². The number of hydrogen-bond donors (Lipinski definition) is 2. The molecule has 0 unspecified atom stereocenters. The number of carbonyl (C=O) groups excluding carboxylic acids is 1. The minimum Gasteiger partial charge on any atom is -0.350 e. The fraction of sp³-hybridized carbons (Fsp3) is 0.409. The van der Waals surface area contributed by atoms with Gasteiger partial charge >= 0.3 is 0 Å². The number of anilines is 3. The maximum Gasteiger partial charge on any atom is 0.247 e. The molecule has 2 atom stereocenters. The Hall–Kier alpha value is -3.45. The number of likely N-dealkylation sites (N-methyl/N-ethyl adjacent to an activating group) is 1. The highest BCUT2D eigenvalue weighted by Gasteiger charge is 2.35. The molecule has 0 saturated carbocycles. The first-order valence-corrected chi connectivity index (χ1v) is 11.3. The number of aryl methyl sites for hydroxylation is 1. The summed E-state index contributed by atoms with van der Waals surface area (Å²) in [7, 11) is 1.90. The lowest BCUT2D eigenvalue weighted by atomic mass is 9.99. The van der Waals surface area contributed by atoms with Gasteiger partial charge < -0.3 is 15.5 Å². The molecule has 0 radical (unpaired) electrons. The molecule has 1 amide bonds. The Labute approximate surface area is 191 Å². The molecule has 0 spiro atoms. The largest absolute Gasteiger partial charge is 0.350 e. The second-order valence-electron chi connectivity index (χ2n) is 8.29. The van der Waals surface area contributed by atoms with E-state index in [0.717, 1.165) is 16.1 Å². The van der Waals surface area contributed by atoms with Gasteiger partial charge in [0.15, 0.2) is 5.82 Å². The number of aromatic nitrogens is 4. The van der Waals surface area contributed by atoms with Crippen molar-refractivity contribution in [2.45, 2.75) is 46.3 Å². The van der Waals surface area contributed by atoms with Crippen LogP contribution in [-0.2, 0) is 11.3 Å². The van der Waals surface area contributed by atoms with Gasteiger partial charge in [-0.25, -0.2) is 4.98 Å². The molecule has 10 heteroatoms. The zero-order valence-electron chi connectivity index (χ0n) is 18.7. The minimum absolute atomic E-state index is 0.0309. The van der Waals surface area contributed by atoms with Gasteiger partial charge in [-0.15, -0.1) is 11.3 Å². The van der Waals surface area contributed by atoms with Crippen molar-refractivity contribution in [1.82, 2.24) is 19.7 Å². The van der Waals surface area contributed by atoms with Crippen molar-refractivity contribution in [3.63, 3.8) is 0 Å². The number of nitriles is 1. The monoisotopic (exact) mass is 450 g/mol. The smallest absolute Gasteiger partial charge is 0.247 e. The summed E-state index contributed by atoms with van der Waals surface area (Å²) in [6, 6.07) is 5.75. The van der Waals surface area contributed by atoms with Crippen LogP contribution < -0.4 is 15.5 Å². The third-order valence-electron chi connectivity index (χ3n) is 5.62. The molecule has 166 valence electrons. The number of carbonyl (C=O) groups is 1. The first kappa shape index (κ1) is 21.8. The van der Waals surface area contributed by atoms with E-state index in [1.54, 1.807) is 0 Å². The summed E-state index contributed by atoms with van der Waals surface area (Å²) in [5.74, 6) is 1.34. The number of nitrogens with one attached hydrogen (secondary N) is 2. The normalized spacial score (nSPS) is 16.5. The van der Waals surface area contributed by atoms with Gasteiger partial charge in [0.25, 0.3) is 0 Å². The van der Waals surface area contributed by atoms with Crippen LogP contribution in [0.25, 0.3) is 0 Å². The Bertz CT molecular complexity index is 1190. The fourth-order valence-corrected chi connectivity index (χ4v) is 4.77. The van der Waals surface area contributed by atoms with Crippen LogP contribution in [0.1, 0.15) is 47.8 Å². The quantitative estimate of drug-likeness (QED) is 0.591. The number of amides is 1. The van der Waals surface area contributed by atoms with Crippen molar-refractivity contribution in [2.24, 2.45) is 5.92 Å². The topological polar surface area (TPSA) is 112 Å². The molecule has 0 saturated heterocycles. The number of fused-ring (bicyclic) bond motifs is 1. The van der Waals surface area contributed by atoms with E-state index in [4.69, 9.17) is 5.26 Å². The van der Waals surface area contributed by atoms with Crippen LogP contribution in [0, 0.1) is 24.2 Å². The van der Waals surface area contributed by atoms with Gasteiger partial charge in [-0.05, 0) is 31.9 Å². The van der Waals surface area contributed by atoms with Crippen LogP contribution in [0.2, 0.25) is 0 Å². The van der Waals surface area contributed by atoms with E-state index in [0.29, 0.717) is 28.9 Å². The lowest BCUT2D eigenvalue weighted by Gasteiger charge is -2.36. The average molecular weight is 451 g/mol. The van der Waals surface area contributed by atoms with E-state index < -0.39 is 0 Å². The highest BCUT2D eigenvalue weighted by molar-refractivity contribution is 7.12. The van der Waals surface area contributed by atoms with Gasteiger partial charge in [-0.3, -0.25) is 9.48 Å². The van der Waals surface area contributed by atoms with Gasteiger partial charge in [-0.1, -0.05) is 13.8 Å². The van der Waals surface area contributed by atoms with Gasteiger partial charge in [0, 0.05) is 30.2 Å². The molecule has 1 aliphatic rings. The summed E-state index contributed by atoms with van der Waals surface area (Å²) >= 11 is 1.48. The first-order valence-electron chi connectivity index (χ1n) is 10.5. The summed E-state index contributed by atoms with van der Waals surface area (Å²) in [4.78, 5) is 25.4. The molecular formula is C22H26N8OS. The molecule has 32 heavy (non-hydrogen) atoms. The summed E-state index contributed by atoms with van der Waals surface area (Å²) in [5, 5.41) is 19.8. The summed E-state index contributed by atoms with van der Waals surface area (Å²) < 4.78 is 1.89. The zero-order valence-corrected chi connectivity index (χ0v) is 19.6. The summed E-state index contributed by atoms with van der Waals surface area (Å²) in [6.07, 6.45) is 3.80. The Morgan fingerprint density at radius 1 is 1.31 bits per heavy atom. The second-order valence-corrected chi connectivity index (χ2v) is 9.41. The molecule has 3 aromatic heterocycles.